The molecule has 0 heterocycles. The number of fused-ring (bicyclic) bond motifs is 5. The van der Waals surface area contributed by atoms with Crippen LogP contribution >= 0.6 is 0 Å². The highest BCUT2D eigenvalue weighted by Gasteiger charge is 2.89. The Kier molecular flexibility index (Phi) is 2.73. The highest BCUT2D eigenvalue weighted by atomic mass is 19.4. The van der Waals surface area contributed by atoms with Crippen molar-refractivity contribution in [3.8, 4) is 0 Å². The molecular formula is C13H15F5O2. The second-order valence-corrected chi connectivity index (χ2v) is 6.09. The van der Waals surface area contributed by atoms with Crippen molar-refractivity contribution in [2.45, 2.75) is 30.5 Å². The third-order valence-corrected chi connectivity index (χ3v) is 5.41. The van der Waals surface area contributed by atoms with Crippen LogP contribution in [-0.4, -0.2) is 29.4 Å². The number of aliphatic hydroxyl groups is 1. The van der Waals surface area contributed by atoms with Gasteiger partial charge in [0, 0.05) is 11.8 Å². The van der Waals surface area contributed by atoms with E-state index < -0.39 is 41.4 Å². The summed E-state index contributed by atoms with van der Waals surface area (Å²) in [7, 11) is 0. The third kappa shape index (κ3) is 1.37. The topological polar surface area (TPSA) is 29.5 Å². The van der Waals surface area contributed by atoms with Gasteiger partial charge >= 0.3 is 6.18 Å². The molecule has 0 aromatic rings. The largest absolute Gasteiger partial charge is 0.502 e. The summed E-state index contributed by atoms with van der Waals surface area (Å²) in [5, 5.41) is 9.67. The van der Waals surface area contributed by atoms with E-state index in [0.29, 0.717) is 12.8 Å². The molecule has 2 bridgehead atoms. The van der Waals surface area contributed by atoms with E-state index in [9.17, 15) is 27.1 Å². The zero-order valence-corrected chi connectivity index (χ0v) is 10.5. The lowest BCUT2D eigenvalue weighted by Gasteiger charge is -2.60. The van der Waals surface area contributed by atoms with E-state index in [1.54, 1.807) is 0 Å². The van der Waals surface area contributed by atoms with Gasteiger partial charge in [0.25, 0.3) is 5.92 Å². The Bertz CT molecular complexity index is 435. The molecule has 114 valence electrons. The lowest BCUT2D eigenvalue weighted by Crippen LogP contribution is -2.79. The van der Waals surface area contributed by atoms with E-state index in [1.165, 1.54) is 6.26 Å². The zero-order chi connectivity index (χ0) is 14.9. The van der Waals surface area contributed by atoms with Crippen molar-refractivity contribution < 1.29 is 31.8 Å². The van der Waals surface area contributed by atoms with E-state index in [-0.39, 0.29) is 12.5 Å². The molecule has 0 spiro atoms. The van der Waals surface area contributed by atoms with Crippen molar-refractivity contribution in [2.24, 2.45) is 29.6 Å². The van der Waals surface area contributed by atoms with Crippen molar-refractivity contribution in [3.63, 3.8) is 0 Å². The highest BCUT2D eigenvalue weighted by molar-refractivity contribution is 5.26. The minimum Gasteiger partial charge on any atom is -0.502 e. The van der Waals surface area contributed by atoms with Crippen LogP contribution in [0.4, 0.5) is 22.0 Å². The molecule has 3 aliphatic rings. The molecule has 1 N–H and O–H groups in total. The summed E-state index contributed by atoms with van der Waals surface area (Å²) in [6, 6.07) is 0. The molecule has 0 radical (unpaired) electrons. The van der Waals surface area contributed by atoms with Gasteiger partial charge in [-0.15, -0.1) is 0 Å². The van der Waals surface area contributed by atoms with Crippen LogP contribution in [-0.2, 0) is 4.74 Å². The van der Waals surface area contributed by atoms with Gasteiger partial charge in [0.2, 0.25) is 5.60 Å². The van der Waals surface area contributed by atoms with Crippen LogP contribution < -0.4 is 0 Å². The Morgan fingerprint density at radius 3 is 2.45 bits per heavy atom. The zero-order valence-electron chi connectivity index (χ0n) is 10.5. The summed E-state index contributed by atoms with van der Waals surface area (Å²) >= 11 is 0. The second kappa shape index (κ2) is 3.87. The smallest absolute Gasteiger partial charge is 0.423 e. The van der Waals surface area contributed by atoms with Crippen molar-refractivity contribution in [1.29, 1.82) is 0 Å². The summed E-state index contributed by atoms with van der Waals surface area (Å²) in [6.07, 6.45) is -3.38. The lowest BCUT2D eigenvalue weighted by molar-refractivity contribution is -0.433. The average molecular weight is 298 g/mol. The number of alkyl halides is 5. The van der Waals surface area contributed by atoms with Crippen LogP contribution in [0.5, 0.6) is 0 Å². The van der Waals surface area contributed by atoms with Gasteiger partial charge in [-0.05, 0) is 30.6 Å². The Morgan fingerprint density at radius 1 is 1.25 bits per heavy atom. The summed E-state index contributed by atoms with van der Waals surface area (Å²) in [4.78, 5) is 0. The van der Waals surface area contributed by atoms with Crippen molar-refractivity contribution in [2.75, 3.05) is 6.61 Å². The first-order valence-electron chi connectivity index (χ1n) is 6.55. The van der Waals surface area contributed by atoms with Gasteiger partial charge in [-0.3, -0.25) is 0 Å². The summed E-state index contributed by atoms with van der Waals surface area (Å²) in [5.41, 5.74) is -3.88. The van der Waals surface area contributed by atoms with Crippen LogP contribution in [0.15, 0.2) is 12.8 Å². The molecule has 3 aliphatic carbocycles. The summed E-state index contributed by atoms with van der Waals surface area (Å²) in [5.74, 6) is -8.07. The average Bonchev–Trinajstić information content (AvgIpc) is 2.89. The summed E-state index contributed by atoms with van der Waals surface area (Å²) < 4.78 is 71.5. The Labute approximate surface area is 112 Å². The second-order valence-electron chi connectivity index (χ2n) is 6.09. The maximum Gasteiger partial charge on any atom is 0.423 e. The van der Waals surface area contributed by atoms with E-state index in [4.69, 9.17) is 4.74 Å². The van der Waals surface area contributed by atoms with E-state index in [1.807, 2.05) is 0 Å². The fourth-order valence-corrected chi connectivity index (χ4v) is 4.73. The highest BCUT2D eigenvalue weighted by Crippen LogP contribution is 2.75. The van der Waals surface area contributed by atoms with Crippen LogP contribution in [0.2, 0.25) is 0 Å². The Morgan fingerprint density at radius 2 is 1.90 bits per heavy atom. The van der Waals surface area contributed by atoms with Crippen LogP contribution in [0.25, 0.3) is 0 Å². The van der Waals surface area contributed by atoms with Crippen LogP contribution in [0, 0.1) is 29.6 Å². The first kappa shape index (κ1) is 14.1. The molecule has 3 rings (SSSR count). The van der Waals surface area contributed by atoms with Gasteiger partial charge in [-0.1, -0.05) is 6.58 Å². The van der Waals surface area contributed by atoms with Gasteiger partial charge in [0.1, 0.15) is 0 Å². The van der Waals surface area contributed by atoms with Crippen LogP contribution in [0.3, 0.4) is 0 Å². The molecule has 7 heteroatoms. The number of rotatable bonds is 3. The predicted octanol–water partition coefficient (Wildman–Crippen LogP) is 2.98. The van der Waals surface area contributed by atoms with Gasteiger partial charge in [-0.2, -0.15) is 13.2 Å². The molecule has 0 aromatic carbocycles. The van der Waals surface area contributed by atoms with Crippen molar-refractivity contribution in [3.05, 3.63) is 12.8 Å². The van der Waals surface area contributed by atoms with Crippen molar-refractivity contribution >= 4 is 0 Å². The molecule has 2 nitrogen and oxygen atoms in total. The van der Waals surface area contributed by atoms with E-state index >= 15 is 0 Å². The number of hydrogen-bond acceptors (Lipinski definition) is 2. The Hall–Kier alpha value is -0.850. The van der Waals surface area contributed by atoms with Gasteiger partial charge in [-0.25, -0.2) is 8.78 Å². The molecule has 0 aliphatic heterocycles. The molecule has 0 aromatic heterocycles. The minimum absolute atomic E-state index is 0.174. The number of hydrogen-bond donors (Lipinski definition) is 1. The first-order chi connectivity index (χ1) is 9.16. The molecule has 3 fully saturated rings. The SMILES string of the molecule is C=COCC1CC2CC1C1C2C(F)(F)C1(O)C(F)(F)F. The monoisotopic (exact) mass is 298 g/mol. The Balaban J connectivity index is 1.89. The quantitative estimate of drug-likeness (QED) is 0.641. The number of ether oxygens (including phenoxy) is 1. The van der Waals surface area contributed by atoms with Crippen LogP contribution in [0.1, 0.15) is 12.8 Å². The molecule has 20 heavy (non-hydrogen) atoms. The predicted molar refractivity (Wildman–Crippen MR) is 58.8 cm³/mol. The minimum atomic E-state index is -5.31. The van der Waals surface area contributed by atoms with Gasteiger partial charge in [0.15, 0.2) is 0 Å². The third-order valence-electron chi connectivity index (χ3n) is 5.41. The molecule has 6 unspecified atom stereocenters. The van der Waals surface area contributed by atoms with Gasteiger partial charge < -0.3 is 9.84 Å². The fourth-order valence-electron chi connectivity index (χ4n) is 4.73. The standard InChI is InChI=1S/C13H15F5O2/c1-2-20-5-7-3-6-4-8(7)10-9(6)12(14,15)11(10,19)13(16,17)18/h2,6-10,19H,1,3-5H2. The van der Waals surface area contributed by atoms with Crippen molar-refractivity contribution in [1.82, 2.24) is 0 Å². The first-order valence-corrected chi connectivity index (χ1v) is 6.55. The van der Waals surface area contributed by atoms with E-state index in [0.717, 1.165) is 0 Å². The number of halogens is 5. The molecule has 6 atom stereocenters. The lowest BCUT2D eigenvalue weighted by atomic mass is 9.51. The maximum absolute atomic E-state index is 13.9. The van der Waals surface area contributed by atoms with E-state index in [2.05, 4.69) is 6.58 Å². The molecule has 0 saturated heterocycles. The molecule has 0 amide bonds. The fraction of sp³-hybridized carbons (Fsp3) is 0.846. The molecule has 3 saturated carbocycles. The normalized spacial score (nSPS) is 48.6. The molecular weight excluding hydrogens is 283 g/mol. The van der Waals surface area contributed by atoms with Gasteiger partial charge in [0.05, 0.1) is 12.9 Å². The maximum atomic E-state index is 13.9. The summed E-state index contributed by atoms with van der Waals surface area (Å²) in [6.45, 7) is 3.53.